The van der Waals surface area contributed by atoms with Gasteiger partial charge in [-0.25, -0.2) is 15.0 Å². The Labute approximate surface area is 192 Å². The third-order valence-corrected chi connectivity index (χ3v) is 4.79. The highest BCUT2D eigenvalue weighted by molar-refractivity contribution is 6.44. The van der Waals surface area contributed by atoms with Crippen LogP contribution >= 0.6 is 0 Å². The van der Waals surface area contributed by atoms with Gasteiger partial charge in [-0.3, -0.25) is 15.0 Å². The molecule has 1 aliphatic rings. The minimum Gasteiger partial charge on any atom is -0.392 e. The number of amides is 2. The molecule has 11 heteroatoms. The van der Waals surface area contributed by atoms with Crippen LogP contribution in [0.2, 0.25) is 0 Å². The number of ether oxygens (including phenoxy) is 1. The number of carbonyl (C=O) groups excluding carboxylic acids is 2. The minimum absolute atomic E-state index is 0.0113. The van der Waals surface area contributed by atoms with Crippen LogP contribution in [0.15, 0.2) is 42.8 Å². The average Bonchev–Trinajstić information content (AvgIpc) is 3.65. The van der Waals surface area contributed by atoms with E-state index in [1.807, 2.05) is 6.07 Å². The second-order valence-corrected chi connectivity index (χ2v) is 7.66. The van der Waals surface area contributed by atoms with Crippen molar-refractivity contribution < 1.29 is 14.3 Å². The molecule has 1 unspecified atom stereocenters. The number of carbonyl (C=O) groups is 2. The molecule has 0 aromatic carbocycles. The van der Waals surface area contributed by atoms with Gasteiger partial charge in [0.2, 0.25) is 0 Å². The van der Waals surface area contributed by atoms with Crippen molar-refractivity contribution in [1.82, 2.24) is 30.9 Å². The third kappa shape index (κ3) is 6.56. The lowest BCUT2D eigenvalue weighted by molar-refractivity contribution is -0.115. The highest BCUT2D eigenvalue weighted by Gasteiger charge is 2.28. The first-order valence-electron chi connectivity index (χ1n) is 10.5. The summed E-state index contributed by atoms with van der Waals surface area (Å²) in [5.74, 6) is -0.856. The van der Waals surface area contributed by atoms with Crippen molar-refractivity contribution in [3.05, 3.63) is 54.1 Å². The van der Waals surface area contributed by atoms with Gasteiger partial charge < -0.3 is 26.0 Å². The smallest absolute Gasteiger partial charge is 0.276 e. The van der Waals surface area contributed by atoms with Gasteiger partial charge in [-0.1, -0.05) is 0 Å². The van der Waals surface area contributed by atoms with Gasteiger partial charge in [-0.2, -0.15) is 0 Å². The molecular weight excluding hydrogens is 424 g/mol. The molecule has 2 aromatic heterocycles. The summed E-state index contributed by atoms with van der Waals surface area (Å²) in [5, 5.41) is 19.4. The molecule has 1 aliphatic carbocycles. The summed E-state index contributed by atoms with van der Waals surface area (Å²) in [5.41, 5.74) is 1.64. The first-order chi connectivity index (χ1) is 15.9. The SMILES string of the molecule is CN/C=C(/NC(=O)c1nc(C2CC2)ccc1Nc1cncnc1)C(=N)C(=O)NC(C)COC. The van der Waals surface area contributed by atoms with Crippen LogP contribution in [0.25, 0.3) is 0 Å². The Morgan fingerprint density at radius 3 is 2.64 bits per heavy atom. The number of pyridine rings is 1. The summed E-state index contributed by atoms with van der Waals surface area (Å²) in [4.78, 5) is 38.2. The summed E-state index contributed by atoms with van der Waals surface area (Å²) in [6, 6.07) is 3.38. The molecule has 1 fully saturated rings. The second kappa shape index (κ2) is 11.1. The van der Waals surface area contributed by atoms with Crippen LogP contribution in [0, 0.1) is 5.41 Å². The summed E-state index contributed by atoms with van der Waals surface area (Å²) >= 11 is 0. The van der Waals surface area contributed by atoms with Crippen LogP contribution in [-0.4, -0.2) is 59.3 Å². The van der Waals surface area contributed by atoms with Crippen LogP contribution in [0.1, 0.15) is 41.9 Å². The van der Waals surface area contributed by atoms with E-state index in [-0.39, 0.29) is 17.4 Å². The van der Waals surface area contributed by atoms with Gasteiger partial charge >= 0.3 is 0 Å². The van der Waals surface area contributed by atoms with Gasteiger partial charge in [0.15, 0.2) is 5.69 Å². The fraction of sp³-hybridized carbons (Fsp3) is 0.364. The molecular formula is C22H28N8O3. The molecule has 1 atom stereocenters. The number of nitrogens with one attached hydrogen (secondary N) is 5. The number of rotatable bonds is 11. The molecule has 2 aromatic rings. The molecule has 0 bridgehead atoms. The Hall–Kier alpha value is -3.86. The van der Waals surface area contributed by atoms with E-state index < -0.39 is 17.5 Å². The van der Waals surface area contributed by atoms with Crippen LogP contribution < -0.4 is 21.3 Å². The maximum atomic E-state index is 13.2. The largest absolute Gasteiger partial charge is 0.392 e. The molecule has 5 N–H and O–H groups in total. The highest BCUT2D eigenvalue weighted by Crippen LogP contribution is 2.39. The molecule has 1 saturated carbocycles. The summed E-state index contributed by atoms with van der Waals surface area (Å²) in [6.45, 7) is 2.06. The molecule has 2 heterocycles. The van der Waals surface area contributed by atoms with Crippen LogP contribution in [0.4, 0.5) is 11.4 Å². The summed E-state index contributed by atoms with van der Waals surface area (Å²) in [6.07, 6.45) is 8.01. The highest BCUT2D eigenvalue weighted by atomic mass is 16.5. The average molecular weight is 453 g/mol. The van der Waals surface area contributed by atoms with Gasteiger partial charge in [0, 0.05) is 38.0 Å². The second-order valence-electron chi connectivity index (χ2n) is 7.66. The minimum atomic E-state index is -0.638. The molecule has 0 aliphatic heterocycles. The summed E-state index contributed by atoms with van der Waals surface area (Å²) < 4.78 is 5.01. The van der Waals surface area contributed by atoms with Crippen molar-refractivity contribution in [2.75, 3.05) is 26.1 Å². The third-order valence-electron chi connectivity index (χ3n) is 4.79. The van der Waals surface area contributed by atoms with Gasteiger partial charge in [-0.15, -0.1) is 0 Å². The zero-order valence-electron chi connectivity index (χ0n) is 18.8. The van der Waals surface area contributed by atoms with E-state index in [9.17, 15) is 9.59 Å². The molecule has 2 amide bonds. The normalized spacial score (nSPS) is 14.2. The quantitative estimate of drug-likeness (QED) is 0.321. The molecule has 0 spiro atoms. The van der Waals surface area contributed by atoms with E-state index in [1.54, 1.807) is 32.4 Å². The Kier molecular flexibility index (Phi) is 8.03. The summed E-state index contributed by atoms with van der Waals surface area (Å²) in [7, 11) is 3.13. The zero-order chi connectivity index (χ0) is 23.8. The van der Waals surface area contributed by atoms with E-state index in [1.165, 1.54) is 19.6 Å². The van der Waals surface area contributed by atoms with Crippen molar-refractivity contribution >= 4 is 28.9 Å². The number of aromatic nitrogens is 3. The molecule has 33 heavy (non-hydrogen) atoms. The maximum Gasteiger partial charge on any atom is 0.276 e. The Morgan fingerprint density at radius 1 is 1.27 bits per heavy atom. The standard InChI is InChI=1S/C22H28N8O3/c1-13(11-33-3)27-21(31)19(23)18(10-24-2)30-22(32)20-17(28-15-8-25-12-26-9-15)7-6-16(29-20)14-4-5-14/h6-10,12-14,23-24,28H,4-5,11H2,1-3H3,(H,27,31)(H,30,32)/b18-10+,23-19?. The first-order valence-corrected chi connectivity index (χ1v) is 10.5. The van der Waals surface area contributed by atoms with E-state index in [2.05, 4.69) is 36.2 Å². The molecule has 11 nitrogen and oxygen atoms in total. The Balaban J connectivity index is 1.82. The molecule has 174 valence electrons. The lowest BCUT2D eigenvalue weighted by Gasteiger charge is -2.16. The monoisotopic (exact) mass is 452 g/mol. The number of methoxy groups -OCH3 is 1. The number of hydrogen-bond donors (Lipinski definition) is 5. The van der Waals surface area contributed by atoms with E-state index >= 15 is 0 Å². The van der Waals surface area contributed by atoms with Gasteiger partial charge in [-0.05, 0) is 31.9 Å². The predicted molar refractivity (Wildman–Crippen MR) is 123 cm³/mol. The van der Waals surface area contributed by atoms with Crippen molar-refractivity contribution in [3.8, 4) is 0 Å². The number of anilines is 2. The van der Waals surface area contributed by atoms with Crippen LogP contribution in [-0.2, 0) is 9.53 Å². The zero-order valence-corrected chi connectivity index (χ0v) is 18.8. The Morgan fingerprint density at radius 2 is 2.00 bits per heavy atom. The van der Waals surface area contributed by atoms with Crippen molar-refractivity contribution in [3.63, 3.8) is 0 Å². The number of hydrogen-bond acceptors (Lipinski definition) is 9. The molecule has 0 saturated heterocycles. The van der Waals surface area contributed by atoms with E-state index in [0.29, 0.717) is 23.9 Å². The lowest BCUT2D eigenvalue weighted by Crippen LogP contribution is -2.43. The lowest BCUT2D eigenvalue weighted by atomic mass is 10.1. The predicted octanol–water partition coefficient (Wildman–Crippen LogP) is 1.45. The number of nitrogens with zero attached hydrogens (tertiary/aromatic N) is 3. The van der Waals surface area contributed by atoms with E-state index in [0.717, 1.165) is 18.5 Å². The van der Waals surface area contributed by atoms with Gasteiger partial charge in [0.05, 0.1) is 36.1 Å². The first kappa shape index (κ1) is 23.8. The van der Waals surface area contributed by atoms with Crippen molar-refractivity contribution in [1.29, 1.82) is 5.41 Å². The Bertz CT molecular complexity index is 1040. The van der Waals surface area contributed by atoms with Crippen LogP contribution in [0.5, 0.6) is 0 Å². The molecule has 3 rings (SSSR count). The van der Waals surface area contributed by atoms with Crippen molar-refractivity contribution in [2.24, 2.45) is 0 Å². The van der Waals surface area contributed by atoms with Crippen LogP contribution in [0.3, 0.4) is 0 Å². The maximum absolute atomic E-state index is 13.2. The van der Waals surface area contributed by atoms with Gasteiger partial charge in [0.1, 0.15) is 12.0 Å². The molecule has 0 radical (unpaired) electrons. The fourth-order valence-corrected chi connectivity index (χ4v) is 3.08. The van der Waals surface area contributed by atoms with E-state index in [4.69, 9.17) is 10.1 Å². The topological polar surface area (TPSA) is 154 Å². The fourth-order valence-electron chi connectivity index (χ4n) is 3.08. The van der Waals surface area contributed by atoms with Gasteiger partial charge in [0.25, 0.3) is 11.8 Å². The van der Waals surface area contributed by atoms with Crippen molar-refractivity contribution in [2.45, 2.75) is 31.7 Å².